The average Bonchev–Trinajstić information content (AvgIpc) is 3.26. The number of hydrogen-bond donors (Lipinski definition) is 2. The summed E-state index contributed by atoms with van der Waals surface area (Å²) in [6.45, 7) is 0.764. The monoisotopic (exact) mass is 468 g/mol. The number of hydrogen-bond acceptors (Lipinski definition) is 4. The van der Waals surface area contributed by atoms with Gasteiger partial charge in [0, 0.05) is 29.6 Å². The van der Waals surface area contributed by atoms with Gasteiger partial charge in [0.1, 0.15) is 0 Å². The lowest BCUT2D eigenvalue weighted by molar-refractivity contribution is -0.138. The molecule has 5 nitrogen and oxygen atoms in total. The second-order valence-corrected chi connectivity index (χ2v) is 8.92. The van der Waals surface area contributed by atoms with Crippen LogP contribution in [0.25, 0.3) is 11.3 Å². The number of carbonyl (C=O) groups excluding carboxylic acids is 1. The molecule has 1 aromatic carbocycles. The van der Waals surface area contributed by atoms with Crippen LogP contribution in [0.4, 0.5) is 13.2 Å². The van der Waals surface area contributed by atoms with Gasteiger partial charge in [0.2, 0.25) is 0 Å². The molecule has 0 saturated heterocycles. The van der Waals surface area contributed by atoms with Crippen molar-refractivity contribution in [1.82, 2.24) is 15.1 Å². The summed E-state index contributed by atoms with van der Waals surface area (Å²) in [6.07, 6.45) is -1.22. The van der Waals surface area contributed by atoms with Crippen LogP contribution in [0.15, 0.2) is 36.5 Å². The molecule has 10 heteroatoms. The Hall–Kier alpha value is -2.36. The molecular formula is C21H20ClF3N4OS. The number of thiophene rings is 1. The minimum absolute atomic E-state index is 0.0123. The van der Waals surface area contributed by atoms with E-state index in [4.69, 9.17) is 17.3 Å². The van der Waals surface area contributed by atoms with Gasteiger partial charge in [0.15, 0.2) is 0 Å². The third-order valence-corrected chi connectivity index (χ3v) is 6.74. The number of aromatic nitrogens is 2. The molecule has 31 heavy (non-hydrogen) atoms. The van der Waals surface area contributed by atoms with Gasteiger partial charge in [-0.05, 0) is 37.0 Å². The topological polar surface area (TPSA) is 72.9 Å². The highest BCUT2D eigenvalue weighted by Gasteiger charge is 2.33. The van der Waals surface area contributed by atoms with E-state index in [0.29, 0.717) is 9.90 Å². The van der Waals surface area contributed by atoms with Gasteiger partial charge >= 0.3 is 6.18 Å². The standard InChI is InChI=1S/C21H20ClF3N4OS/c22-16-11-27-29-7-3-6-17-14(19(16)29)9-18(31-17)20(30)28-13(10-26)8-12-4-1-2-5-15(12)21(23,24)25/h1-2,4-5,9,11,13H,3,6-8,10,26H2,(H,28,30)/t13-/m0/s1. The maximum atomic E-state index is 13.3. The van der Waals surface area contributed by atoms with Gasteiger partial charge in [-0.3, -0.25) is 9.48 Å². The normalized spacial score (nSPS) is 14.5. The fourth-order valence-corrected chi connectivity index (χ4v) is 5.15. The van der Waals surface area contributed by atoms with Crippen molar-refractivity contribution in [3.8, 4) is 11.3 Å². The Morgan fingerprint density at radius 2 is 2.13 bits per heavy atom. The molecule has 2 aromatic heterocycles. The molecule has 1 atom stereocenters. The summed E-state index contributed by atoms with van der Waals surface area (Å²) >= 11 is 7.67. The van der Waals surface area contributed by atoms with Crippen molar-refractivity contribution < 1.29 is 18.0 Å². The number of alkyl halides is 3. The SMILES string of the molecule is NC[C@H](Cc1ccccc1C(F)(F)F)NC(=O)c1cc2c(s1)CCCn1ncc(Cl)c1-2. The second kappa shape index (κ2) is 8.64. The summed E-state index contributed by atoms with van der Waals surface area (Å²) in [6, 6.07) is 6.48. The van der Waals surface area contributed by atoms with Crippen molar-refractivity contribution in [1.29, 1.82) is 0 Å². The highest BCUT2D eigenvalue weighted by atomic mass is 35.5. The number of fused-ring (bicyclic) bond motifs is 3. The van der Waals surface area contributed by atoms with E-state index in [1.54, 1.807) is 18.3 Å². The van der Waals surface area contributed by atoms with Gasteiger partial charge in [0.05, 0.1) is 27.4 Å². The third-order valence-electron chi connectivity index (χ3n) is 5.27. The molecule has 1 amide bonds. The average molecular weight is 469 g/mol. The number of nitrogens with zero attached hydrogens (tertiary/aromatic N) is 2. The van der Waals surface area contributed by atoms with Gasteiger partial charge < -0.3 is 11.1 Å². The van der Waals surface area contributed by atoms with Gasteiger partial charge in [-0.25, -0.2) is 0 Å². The zero-order valence-corrected chi connectivity index (χ0v) is 17.9. The van der Waals surface area contributed by atoms with E-state index < -0.39 is 17.8 Å². The maximum Gasteiger partial charge on any atom is 0.416 e. The minimum Gasteiger partial charge on any atom is -0.347 e. The molecule has 0 radical (unpaired) electrons. The Labute approximate surface area is 186 Å². The largest absolute Gasteiger partial charge is 0.416 e. The fourth-order valence-electron chi connectivity index (χ4n) is 3.81. The van der Waals surface area contributed by atoms with Gasteiger partial charge in [-0.2, -0.15) is 18.3 Å². The Kier molecular flexibility index (Phi) is 6.09. The predicted octanol–water partition coefficient (Wildman–Crippen LogP) is 4.53. The summed E-state index contributed by atoms with van der Waals surface area (Å²) in [5.41, 5.74) is 6.83. The Balaban J connectivity index is 1.55. The van der Waals surface area contributed by atoms with E-state index in [2.05, 4.69) is 10.4 Å². The maximum absolute atomic E-state index is 13.3. The highest BCUT2D eigenvalue weighted by Crippen LogP contribution is 2.38. The van der Waals surface area contributed by atoms with Crippen LogP contribution >= 0.6 is 22.9 Å². The molecule has 3 aromatic rings. The smallest absolute Gasteiger partial charge is 0.347 e. The minimum atomic E-state index is -4.46. The molecule has 0 unspecified atom stereocenters. The molecule has 0 aliphatic carbocycles. The van der Waals surface area contributed by atoms with Crippen LogP contribution in [0.1, 0.15) is 32.1 Å². The van der Waals surface area contributed by atoms with Crippen LogP contribution in [0.5, 0.6) is 0 Å². The van der Waals surface area contributed by atoms with Gasteiger partial charge in [0.25, 0.3) is 5.91 Å². The van der Waals surface area contributed by atoms with E-state index in [0.717, 1.165) is 41.6 Å². The summed E-state index contributed by atoms with van der Waals surface area (Å²) in [5, 5.41) is 7.60. The highest BCUT2D eigenvalue weighted by molar-refractivity contribution is 7.14. The number of aryl methyl sites for hydroxylation is 2. The number of nitrogens with two attached hydrogens (primary N) is 1. The summed E-state index contributed by atoms with van der Waals surface area (Å²) < 4.78 is 41.7. The molecule has 0 saturated carbocycles. The van der Waals surface area contributed by atoms with Gasteiger partial charge in [-0.1, -0.05) is 29.8 Å². The Bertz CT molecular complexity index is 1110. The summed E-state index contributed by atoms with van der Waals surface area (Å²) in [4.78, 5) is 14.4. The number of rotatable bonds is 5. The quantitative estimate of drug-likeness (QED) is 0.578. The molecule has 3 N–H and O–H groups in total. The summed E-state index contributed by atoms with van der Waals surface area (Å²) in [5.74, 6) is -0.361. The van der Waals surface area contributed by atoms with Crippen LogP contribution in [0, 0.1) is 0 Å². The third kappa shape index (κ3) is 4.49. The van der Waals surface area contributed by atoms with Crippen molar-refractivity contribution in [2.75, 3.05) is 6.54 Å². The van der Waals surface area contributed by atoms with Crippen molar-refractivity contribution in [2.45, 2.75) is 38.0 Å². The van der Waals surface area contributed by atoms with Crippen LogP contribution in [0.2, 0.25) is 5.02 Å². The molecule has 4 rings (SSSR count). The number of halogens is 4. The van der Waals surface area contributed by atoms with E-state index in [-0.39, 0.29) is 24.4 Å². The molecule has 1 aliphatic rings. The van der Waals surface area contributed by atoms with E-state index >= 15 is 0 Å². The van der Waals surface area contributed by atoms with Crippen LogP contribution in [0.3, 0.4) is 0 Å². The lowest BCUT2D eigenvalue weighted by Gasteiger charge is -2.19. The number of amides is 1. The van der Waals surface area contributed by atoms with Crippen molar-refractivity contribution >= 4 is 28.8 Å². The van der Waals surface area contributed by atoms with Crippen molar-refractivity contribution in [2.24, 2.45) is 5.73 Å². The molecular weight excluding hydrogens is 449 g/mol. The molecule has 0 fully saturated rings. The van der Waals surface area contributed by atoms with Crippen molar-refractivity contribution in [3.63, 3.8) is 0 Å². The number of benzene rings is 1. The van der Waals surface area contributed by atoms with Crippen LogP contribution in [-0.2, 0) is 25.6 Å². The second-order valence-electron chi connectivity index (χ2n) is 7.38. The Morgan fingerprint density at radius 1 is 1.35 bits per heavy atom. The first kappa shape index (κ1) is 21.9. The van der Waals surface area contributed by atoms with E-state index in [1.165, 1.54) is 23.5 Å². The number of carbonyl (C=O) groups is 1. The van der Waals surface area contributed by atoms with Crippen molar-refractivity contribution in [3.05, 3.63) is 62.4 Å². The van der Waals surface area contributed by atoms with Crippen LogP contribution < -0.4 is 11.1 Å². The first-order chi connectivity index (χ1) is 14.8. The zero-order chi connectivity index (χ0) is 22.2. The summed E-state index contributed by atoms with van der Waals surface area (Å²) in [7, 11) is 0. The van der Waals surface area contributed by atoms with Crippen LogP contribution in [-0.4, -0.2) is 28.3 Å². The Morgan fingerprint density at radius 3 is 2.87 bits per heavy atom. The number of nitrogens with one attached hydrogen (secondary N) is 1. The molecule has 0 spiro atoms. The first-order valence-electron chi connectivity index (χ1n) is 9.78. The fraction of sp³-hybridized carbons (Fsp3) is 0.333. The zero-order valence-electron chi connectivity index (χ0n) is 16.4. The molecule has 0 bridgehead atoms. The lowest BCUT2D eigenvalue weighted by atomic mass is 9.99. The lowest BCUT2D eigenvalue weighted by Crippen LogP contribution is -2.41. The molecule has 1 aliphatic heterocycles. The first-order valence-corrected chi connectivity index (χ1v) is 11.0. The molecule has 3 heterocycles. The predicted molar refractivity (Wildman–Crippen MR) is 114 cm³/mol. The van der Waals surface area contributed by atoms with E-state index in [1.807, 2.05) is 4.68 Å². The van der Waals surface area contributed by atoms with E-state index in [9.17, 15) is 18.0 Å². The molecule has 164 valence electrons. The van der Waals surface area contributed by atoms with Gasteiger partial charge in [-0.15, -0.1) is 11.3 Å².